The third-order valence-corrected chi connectivity index (χ3v) is 1.80. The van der Waals surface area contributed by atoms with Gasteiger partial charge in [0.15, 0.2) is 0 Å². The first kappa shape index (κ1) is 12.3. The predicted molar refractivity (Wildman–Crippen MR) is 58.1 cm³/mol. The summed E-state index contributed by atoms with van der Waals surface area (Å²) in [7, 11) is 0. The fourth-order valence-electron chi connectivity index (χ4n) is 0.919. The van der Waals surface area contributed by atoms with E-state index >= 15 is 0 Å². The minimum absolute atomic E-state index is 0.230. The summed E-state index contributed by atoms with van der Waals surface area (Å²) in [5.74, 6) is 0.420. The van der Waals surface area contributed by atoms with E-state index in [0.717, 1.165) is 0 Å². The molecular weight excluding hydrogens is 218 g/mol. The number of halogens is 1. The second kappa shape index (κ2) is 5.92. The van der Waals surface area contributed by atoms with Gasteiger partial charge in [0.2, 0.25) is 5.89 Å². The molecule has 0 aromatic carbocycles. The maximum atomic E-state index is 5.77. The molecule has 1 heterocycles. The van der Waals surface area contributed by atoms with Gasteiger partial charge in [-0.15, -0.1) is 16.7 Å². The number of hydrogen-bond acceptors (Lipinski definition) is 5. The summed E-state index contributed by atoms with van der Waals surface area (Å²) in [5.41, 5.74) is 0. The minimum Gasteiger partial charge on any atom is -0.407 e. The first-order chi connectivity index (χ1) is 7.09. The van der Waals surface area contributed by atoms with Crippen LogP contribution in [0.4, 0.5) is 6.01 Å². The third-order valence-electron chi connectivity index (χ3n) is 1.61. The summed E-state index contributed by atoms with van der Waals surface area (Å²) in [6.45, 7) is 6.99. The average molecular weight is 234 g/mol. The predicted octanol–water partition coefficient (Wildman–Crippen LogP) is 2.21. The lowest BCUT2D eigenvalue weighted by atomic mass is 10.5. The molecule has 0 aliphatic carbocycles. The molecule has 1 unspecified atom stereocenters. The molecule has 86 valence electrons. The van der Waals surface area contributed by atoms with Gasteiger partial charge in [-0.3, -0.25) is 0 Å². The number of aromatic nitrogens is 2. The fraction of sp³-hybridized carbons (Fsp3) is 0.778. The topological polar surface area (TPSA) is 60.2 Å². The van der Waals surface area contributed by atoms with E-state index in [-0.39, 0.29) is 11.5 Å². The van der Waals surface area contributed by atoms with Gasteiger partial charge in [-0.05, 0) is 20.8 Å². The van der Waals surface area contributed by atoms with Crippen LogP contribution in [0, 0.1) is 0 Å². The van der Waals surface area contributed by atoms with Gasteiger partial charge in [0.25, 0.3) is 0 Å². The van der Waals surface area contributed by atoms with Crippen molar-refractivity contribution in [2.24, 2.45) is 0 Å². The molecule has 1 atom stereocenters. The zero-order valence-electron chi connectivity index (χ0n) is 9.16. The third kappa shape index (κ3) is 4.48. The summed E-state index contributed by atoms with van der Waals surface area (Å²) < 4.78 is 10.6. The van der Waals surface area contributed by atoms with E-state index in [4.69, 9.17) is 20.8 Å². The molecule has 6 heteroatoms. The fourth-order valence-corrected chi connectivity index (χ4v) is 1.01. The maximum absolute atomic E-state index is 5.77. The molecule has 0 amide bonds. The zero-order chi connectivity index (χ0) is 11.3. The van der Waals surface area contributed by atoms with Gasteiger partial charge in [-0.25, -0.2) is 0 Å². The molecule has 0 radical (unpaired) electrons. The second-order valence-electron chi connectivity index (χ2n) is 3.41. The van der Waals surface area contributed by atoms with Gasteiger partial charge in [0.05, 0.1) is 12.7 Å². The highest BCUT2D eigenvalue weighted by molar-refractivity contribution is 6.20. The Kier molecular flexibility index (Phi) is 4.84. The summed E-state index contributed by atoms with van der Waals surface area (Å²) >= 11 is 5.77. The van der Waals surface area contributed by atoms with Crippen LogP contribution in [-0.2, 0) is 4.74 Å². The highest BCUT2D eigenvalue weighted by Crippen LogP contribution is 2.18. The lowest BCUT2D eigenvalue weighted by Gasteiger charge is -2.06. The van der Waals surface area contributed by atoms with Gasteiger partial charge in [0, 0.05) is 6.54 Å². The molecule has 0 aliphatic rings. The highest BCUT2D eigenvalue weighted by atomic mass is 35.5. The summed E-state index contributed by atoms with van der Waals surface area (Å²) in [6.07, 6.45) is 0.230. The number of hydrogen-bond donors (Lipinski definition) is 1. The summed E-state index contributed by atoms with van der Waals surface area (Å²) in [5, 5.41) is 10.3. The molecule has 0 saturated carbocycles. The largest absolute Gasteiger partial charge is 0.407 e. The quantitative estimate of drug-likeness (QED) is 0.603. The second-order valence-corrected chi connectivity index (χ2v) is 4.06. The van der Waals surface area contributed by atoms with E-state index in [9.17, 15) is 0 Å². The first-order valence-electron chi connectivity index (χ1n) is 4.92. The van der Waals surface area contributed by atoms with Crippen molar-refractivity contribution < 1.29 is 9.15 Å². The molecule has 5 nitrogen and oxygen atoms in total. The first-order valence-corrected chi connectivity index (χ1v) is 5.36. The Morgan fingerprint density at radius 3 is 2.67 bits per heavy atom. The van der Waals surface area contributed by atoms with E-state index < -0.39 is 0 Å². The standard InChI is InChI=1S/C9H16ClN3O2/c1-6(2)14-5-4-11-9-13-12-8(15-9)7(3)10/h6-7H,4-5H2,1-3H3,(H,11,13). The highest BCUT2D eigenvalue weighted by Gasteiger charge is 2.10. The molecule has 15 heavy (non-hydrogen) atoms. The van der Waals surface area contributed by atoms with Gasteiger partial charge in [-0.2, -0.15) is 0 Å². The number of nitrogens with one attached hydrogen (secondary N) is 1. The van der Waals surface area contributed by atoms with Crippen LogP contribution >= 0.6 is 11.6 Å². The molecule has 1 N–H and O–H groups in total. The monoisotopic (exact) mass is 233 g/mol. The van der Waals surface area contributed by atoms with Crippen LogP contribution in [0.2, 0.25) is 0 Å². The SMILES string of the molecule is CC(C)OCCNc1nnc(C(C)Cl)o1. The van der Waals surface area contributed by atoms with Gasteiger partial charge < -0.3 is 14.5 Å². The van der Waals surface area contributed by atoms with Crippen molar-refractivity contribution in [2.45, 2.75) is 32.3 Å². The van der Waals surface area contributed by atoms with Crippen molar-refractivity contribution in [1.29, 1.82) is 0 Å². The lowest BCUT2D eigenvalue weighted by Crippen LogP contribution is -2.13. The van der Waals surface area contributed by atoms with Crippen LogP contribution in [-0.4, -0.2) is 29.5 Å². The van der Waals surface area contributed by atoms with Crippen molar-refractivity contribution in [3.8, 4) is 0 Å². The van der Waals surface area contributed by atoms with E-state index in [0.29, 0.717) is 25.1 Å². The van der Waals surface area contributed by atoms with Crippen LogP contribution < -0.4 is 5.32 Å². The number of anilines is 1. The van der Waals surface area contributed by atoms with Crippen molar-refractivity contribution in [1.82, 2.24) is 10.2 Å². The molecule has 0 saturated heterocycles. The minimum atomic E-state index is -0.264. The van der Waals surface area contributed by atoms with Crippen LogP contribution in [0.5, 0.6) is 0 Å². The van der Waals surface area contributed by atoms with Gasteiger partial charge in [-0.1, -0.05) is 5.10 Å². The number of alkyl halides is 1. The number of ether oxygens (including phenoxy) is 1. The van der Waals surface area contributed by atoms with Crippen LogP contribution in [0.15, 0.2) is 4.42 Å². The molecule has 0 spiro atoms. The van der Waals surface area contributed by atoms with E-state index in [1.54, 1.807) is 6.92 Å². The van der Waals surface area contributed by atoms with Crippen LogP contribution in [0.3, 0.4) is 0 Å². The number of rotatable bonds is 6. The van der Waals surface area contributed by atoms with Crippen molar-refractivity contribution >= 4 is 17.6 Å². The molecule has 0 aliphatic heterocycles. The zero-order valence-corrected chi connectivity index (χ0v) is 9.91. The molecule has 1 rings (SSSR count). The van der Waals surface area contributed by atoms with Crippen molar-refractivity contribution in [2.75, 3.05) is 18.5 Å². The van der Waals surface area contributed by atoms with Gasteiger partial charge in [0.1, 0.15) is 5.38 Å². The van der Waals surface area contributed by atoms with Crippen molar-refractivity contribution in [3.63, 3.8) is 0 Å². The lowest BCUT2D eigenvalue weighted by molar-refractivity contribution is 0.0868. The normalized spacial score (nSPS) is 13.1. The average Bonchev–Trinajstić information content (AvgIpc) is 2.60. The summed E-state index contributed by atoms with van der Waals surface area (Å²) in [6, 6.07) is 0.379. The molecule has 1 aromatic rings. The van der Waals surface area contributed by atoms with Crippen LogP contribution in [0.1, 0.15) is 32.0 Å². The molecule has 0 fully saturated rings. The van der Waals surface area contributed by atoms with E-state index in [1.165, 1.54) is 0 Å². The Balaban J connectivity index is 2.26. The van der Waals surface area contributed by atoms with Crippen molar-refractivity contribution in [3.05, 3.63) is 5.89 Å². The molecule has 0 bridgehead atoms. The molecule has 1 aromatic heterocycles. The Morgan fingerprint density at radius 2 is 2.13 bits per heavy atom. The Labute approximate surface area is 94.2 Å². The smallest absolute Gasteiger partial charge is 0.315 e. The number of nitrogens with zero attached hydrogens (tertiary/aromatic N) is 2. The Hall–Kier alpha value is -0.810. The van der Waals surface area contributed by atoms with E-state index in [2.05, 4.69) is 15.5 Å². The Morgan fingerprint density at radius 1 is 1.40 bits per heavy atom. The summed E-state index contributed by atoms with van der Waals surface area (Å²) in [4.78, 5) is 0. The molecular formula is C9H16ClN3O2. The maximum Gasteiger partial charge on any atom is 0.315 e. The Bertz CT molecular complexity index is 289. The van der Waals surface area contributed by atoms with Gasteiger partial charge >= 0.3 is 6.01 Å². The van der Waals surface area contributed by atoms with Crippen LogP contribution in [0.25, 0.3) is 0 Å². The van der Waals surface area contributed by atoms with E-state index in [1.807, 2.05) is 13.8 Å².